The minimum atomic E-state index is -0.595. The van der Waals surface area contributed by atoms with Gasteiger partial charge in [0.15, 0.2) is 5.11 Å². The van der Waals surface area contributed by atoms with Crippen LogP contribution in [0.25, 0.3) is 0 Å². The van der Waals surface area contributed by atoms with Crippen LogP contribution in [0.5, 0.6) is 0 Å². The molecule has 3 atom stereocenters. The fraction of sp³-hybridized carbons (Fsp3) is 0.444. The van der Waals surface area contributed by atoms with Gasteiger partial charge in [0.1, 0.15) is 16.6 Å². The van der Waals surface area contributed by atoms with Crippen LogP contribution in [0.1, 0.15) is 36.3 Å². The minimum absolute atomic E-state index is 0.0102. The van der Waals surface area contributed by atoms with Crippen molar-refractivity contribution < 1.29 is 9.59 Å². The van der Waals surface area contributed by atoms with E-state index in [1.54, 1.807) is 17.4 Å². The quantitative estimate of drug-likeness (QED) is 0.257. The van der Waals surface area contributed by atoms with E-state index in [0.29, 0.717) is 5.56 Å². The lowest BCUT2D eigenvalue weighted by molar-refractivity contribution is -0.129. The third kappa shape index (κ3) is 3.14. The lowest BCUT2D eigenvalue weighted by Gasteiger charge is -2.29. The van der Waals surface area contributed by atoms with Crippen molar-refractivity contribution in [1.29, 1.82) is 5.26 Å². The fourth-order valence-electron chi connectivity index (χ4n) is 3.73. The molecule has 1 aromatic heterocycles. The van der Waals surface area contributed by atoms with Crippen LogP contribution in [0.15, 0.2) is 11.6 Å². The highest BCUT2D eigenvalue weighted by atomic mass is 32.1. The molecule has 27 heavy (non-hydrogen) atoms. The Labute approximate surface area is 167 Å². The summed E-state index contributed by atoms with van der Waals surface area (Å²) >= 11 is 6.48. The van der Waals surface area contributed by atoms with Crippen molar-refractivity contribution in [3.63, 3.8) is 0 Å². The van der Waals surface area contributed by atoms with Crippen molar-refractivity contribution in [3.8, 4) is 6.07 Å². The van der Waals surface area contributed by atoms with Gasteiger partial charge in [-0.3, -0.25) is 14.9 Å². The normalized spacial score (nSPS) is 27.3. The second kappa shape index (κ2) is 7.03. The molecule has 2 aliphatic rings. The summed E-state index contributed by atoms with van der Waals surface area (Å²) < 4.78 is 0. The van der Waals surface area contributed by atoms with Crippen LogP contribution in [-0.2, 0) is 9.59 Å². The Bertz CT molecular complexity index is 914. The number of anilines is 1. The third-order valence-electron chi connectivity index (χ3n) is 5.37. The molecular formula is C18H21N5O2S2. The van der Waals surface area contributed by atoms with E-state index in [4.69, 9.17) is 18.1 Å². The van der Waals surface area contributed by atoms with Crippen molar-refractivity contribution in [3.05, 3.63) is 27.7 Å². The molecule has 1 aromatic rings. The van der Waals surface area contributed by atoms with E-state index in [-0.39, 0.29) is 28.7 Å². The number of thiocarbonyl (C=S) groups is 1. The Morgan fingerprint density at radius 1 is 1.37 bits per heavy atom. The van der Waals surface area contributed by atoms with E-state index in [9.17, 15) is 14.9 Å². The maximum atomic E-state index is 12.4. The first kappa shape index (κ1) is 19.5. The average molecular weight is 404 g/mol. The smallest absolute Gasteiger partial charge is 0.279 e. The number of aryl methyl sites for hydroxylation is 1. The van der Waals surface area contributed by atoms with Crippen molar-refractivity contribution in [1.82, 2.24) is 10.3 Å². The number of amides is 2. The van der Waals surface area contributed by atoms with Crippen LogP contribution in [0, 0.1) is 31.1 Å². The van der Waals surface area contributed by atoms with Gasteiger partial charge in [-0.15, -0.1) is 11.3 Å². The number of nitrogens with two attached hydrogens (primary N) is 1. The zero-order valence-electron chi connectivity index (χ0n) is 15.6. The molecule has 2 aliphatic heterocycles. The molecule has 2 amide bonds. The van der Waals surface area contributed by atoms with Gasteiger partial charge in [0.25, 0.3) is 11.8 Å². The first-order valence-corrected chi connectivity index (χ1v) is 9.84. The molecule has 0 radical (unpaired) electrons. The molecule has 9 heteroatoms. The van der Waals surface area contributed by atoms with Gasteiger partial charge >= 0.3 is 0 Å². The standard InChI is InChI=1S/C18H21N5O2S2/c1-8-5-12(6-13-15(24)21-18(26)23(20)16(13)25)10(3)22(8)17-14(7-19)9(2)11(4)27-17/h6,8,10,12H,5,20H2,1-4H3,(H,21,24,26)/b13-6-. The van der Waals surface area contributed by atoms with E-state index in [1.807, 2.05) is 20.8 Å². The SMILES string of the molecule is Cc1sc(N2C(C)CC(/C=C3/C(=O)NC(=S)N(N)C3=O)C2C)c(C#N)c1C. The van der Waals surface area contributed by atoms with Crippen LogP contribution < -0.4 is 16.1 Å². The van der Waals surface area contributed by atoms with Gasteiger partial charge in [-0.05, 0) is 51.9 Å². The molecular weight excluding hydrogens is 382 g/mol. The number of hydrogen-bond donors (Lipinski definition) is 2. The molecule has 142 valence electrons. The van der Waals surface area contributed by atoms with Crippen LogP contribution in [-0.4, -0.2) is 34.0 Å². The topological polar surface area (TPSA) is 102 Å². The highest BCUT2D eigenvalue weighted by molar-refractivity contribution is 7.80. The predicted octanol–water partition coefficient (Wildman–Crippen LogP) is 1.88. The second-order valence-electron chi connectivity index (χ2n) is 6.99. The summed E-state index contributed by atoms with van der Waals surface area (Å²) in [6.07, 6.45) is 2.46. The lowest BCUT2D eigenvalue weighted by atomic mass is 9.96. The van der Waals surface area contributed by atoms with E-state index in [0.717, 1.165) is 26.9 Å². The summed E-state index contributed by atoms with van der Waals surface area (Å²) in [5.41, 5.74) is 1.72. The Morgan fingerprint density at radius 2 is 2.04 bits per heavy atom. The number of nitrogens with zero attached hydrogens (tertiary/aromatic N) is 3. The molecule has 0 aliphatic carbocycles. The average Bonchev–Trinajstić information content (AvgIpc) is 3.05. The molecule has 2 saturated heterocycles. The highest BCUT2D eigenvalue weighted by Crippen LogP contribution is 2.43. The fourth-order valence-corrected chi connectivity index (χ4v) is 5.21. The summed E-state index contributed by atoms with van der Waals surface area (Å²) in [5, 5.41) is 13.7. The monoisotopic (exact) mass is 403 g/mol. The Morgan fingerprint density at radius 3 is 2.67 bits per heavy atom. The van der Waals surface area contributed by atoms with Gasteiger partial charge in [-0.1, -0.05) is 6.08 Å². The maximum Gasteiger partial charge on any atom is 0.279 e. The van der Waals surface area contributed by atoms with E-state index in [2.05, 4.69) is 23.2 Å². The number of rotatable bonds is 2. The lowest BCUT2D eigenvalue weighted by Crippen LogP contribution is -2.57. The van der Waals surface area contributed by atoms with Gasteiger partial charge in [0.05, 0.1) is 5.56 Å². The number of carbonyl (C=O) groups excluding carboxylic acids is 2. The number of carbonyl (C=O) groups is 2. The van der Waals surface area contributed by atoms with Crippen molar-refractivity contribution in [2.45, 2.75) is 46.2 Å². The van der Waals surface area contributed by atoms with Crippen LogP contribution in [0.4, 0.5) is 5.00 Å². The summed E-state index contributed by atoms with van der Waals surface area (Å²) in [6.45, 7) is 8.11. The Balaban J connectivity index is 1.94. The molecule has 0 saturated carbocycles. The van der Waals surface area contributed by atoms with Gasteiger partial charge in [-0.2, -0.15) is 5.26 Å². The van der Waals surface area contributed by atoms with Crippen LogP contribution in [0.3, 0.4) is 0 Å². The second-order valence-corrected chi connectivity index (χ2v) is 8.58. The third-order valence-corrected chi connectivity index (χ3v) is 6.89. The van der Waals surface area contributed by atoms with Crippen LogP contribution >= 0.6 is 23.6 Å². The van der Waals surface area contributed by atoms with Gasteiger partial charge < -0.3 is 4.90 Å². The number of thiophene rings is 1. The molecule has 3 unspecified atom stereocenters. The number of nitrogens with one attached hydrogen (secondary N) is 1. The Hall–Kier alpha value is -2.28. The molecule has 3 heterocycles. The van der Waals surface area contributed by atoms with Gasteiger partial charge in [-0.25, -0.2) is 10.9 Å². The van der Waals surface area contributed by atoms with E-state index in [1.165, 1.54) is 0 Å². The number of hydrazine groups is 1. The van der Waals surface area contributed by atoms with Gasteiger partial charge in [0, 0.05) is 22.9 Å². The van der Waals surface area contributed by atoms with Crippen LogP contribution in [0.2, 0.25) is 0 Å². The number of nitriles is 1. The first-order chi connectivity index (χ1) is 12.7. The molecule has 2 fully saturated rings. The molecule has 0 bridgehead atoms. The first-order valence-electron chi connectivity index (χ1n) is 8.62. The molecule has 7 nitrogen and oxygen atoms in total. The predicted molar refractivity (Wildman–Crippen MR) is 108 cm³/mol. The van der Waals surface area contributed by atoms with Crippen molar-refractivity contribution >= 4 is 45.5 Å². The summed E-state index contributed by atoms with van der Waals surface area (Å²) in [6, 6.07) is 2.52. The van der Waals surface area contributed by atoms with Crippen molar-refractivity contribution in [2.75, 3.05) is 4.90 Å². The zero-order valence-corrected chi connectivity index (χ0v) is 17.2. The molecule has 3 rings (SSSR count). The number of hydrogen-bond acceptors (Lipinski definition) is 7. The zero-order chi connectivity index (χ0) is 20.0. The summed E-state index contributed by atoms with van der Waals surface area (Å²) in [7, 11) is 0. The molecule has 0 spiro atoms. The summed E-state index contributed by atoms with van der Waals surface area (Å²) in [5.74, 6) is 4.48. The van der Waals surface area contributed by atoms with E-state index >= 15 is 0 Å². The Kier molecular flexibility index (Phi) is 5.08. The molecule has 0 aromatic carbocycles. The summed E-state index contributed by atoms with van der Waals surface area (Å²) in [4.78, 5) is 27.9. The van der Waals surface area contributed by atoms with Gasteiger partial charge in [0.2, 0.25) is 0 Å². The largest absolute Gasteiger partial charge is 0.356 e. The van der Waals surface area contributed by atoms with E-state index < -0.39 is 11.8 Å². The minimum Gasteiger partial charge on any atom is -0.356 e. The highest BCUT2D eigenvalue weighted by Gasteiger charge is 2.40. The van der Waals surface area contributed by atoms with Crippen molar-refractivity contribution in [2.24, 2.45) is 11.8 Å². The molecule has 3 N–H and O–H groups in total. The maximum absolute atomic E-state index is 12.4.